The van der Waals surface area contributed by atoms with Gasteiger partial charge in [-0.25, -0.2) is 0 Å². The number of anilines is 2. The quantitative estimate of drug-likeness (QED) is 0.875. The van der Waals surface area contributed by atoms with Crippen molar-refractivity contribution < 1.29 is 14.3 Å². The molecule has 1 N–H and O–H groups in total. The Labute approximate surface area is 154 Å². The summed E-state index contributed by atoms with van der Waals surface area (Å²) < 4.78 is 10.4. The molecule has 0 unspecified atom stereocenters. The van der Waals surface area contributed by atoms with Crippen molar-refractivity contribution in [1.29, 1.82) is 0 Å². The number of ether oxygens (including phenoxy) is 2. The number of methoxy groups -OCH3 is 2. The fourth-order valence-electron chi connectivity index (χ4n) is 3.16. The fraction of sp³-hybridized carbons (Fsp3) is 0.381. The molecule has 1 saturated heterocycles. The molecule has 0 atom stereocenters. The van der Waals surface area contributed by atoms with Gasteiger partial charge in [0.25, 0.3) is 5.91 Å². The zero-order chi connectivity index (χ0) is 18.5. The SMILES string of the molecule is COc1cc(OC)cc(C(=O)Nc2ccc(N3CCC(C)CC3)cc2)c1. The molecule has 5 nitrogen and oxygen atoms in total. The van der Waals surface area contributed by atoms with Gasteiger partial charge in [-0.2, -0.15) is 0 Å². The topological polar surface area (TPSA) is 50.8 Å². The lowest BCUT2D eigenvalue weighted by molar-refractivity contribution is 0.102. The van der Waals surface area contributed by atoms with Gasteiger partial charge >= 0.3 is 0 Å². The van der Waals surface area contributed by atoms with Crippen LogP contribution in [0.4, 0.5) is 11.4 Å². The fourth-order valence-corrected chi connectivity index (χ4v) is 3.16. The van der Waals surface area contributed by atoms with Gasteiger partial charge < -0.3 is 19.7 Å². The van der Waals surface area contributed by atoms with Gasteiger partial charge in [0.2, 0.25) is 0 Å². The van der Waals surface area contributed by atoms with Gasteiger partial charge in [0.1, 0.15) is 11.5 Å². The van der Waals surface area contributed by atoms with E-state index in [1.807, 2.05) is 12.1 Å². The van der Waals surface area contributed by atoms with E-state index in [0.29, 0.717) is 17.1 Å². The van der Waals surface area contributed by atoms with Crippen LogP contribution in [0, 0.1) is 5.92 Å². The third kappa shape index (κ3) is 4.28. The Morgan fingerprint density at radius 2 is 1.58 bits per heavy atom. The van der Waals surface area contributed by atoms with Crippen LogP contribution in [0.5, 0.6) is 11.5 Å². The van der Waals surface area contributed by atoms with E-state index in [1.165, 1.54) is 18.5 Å². The van der Waals surface area contributed by atoms with E-state index in [9.17, 15) is 4.79 Å². The van der Waals surface area contributed by atoms with Gasteiger partial charge in [-0.15, -0.1) is 0 Å². The first-order chi connectivity index (χ1) is 12.6. The van der Waals surface area contributed by atoms with Crippen LogP contribution in [-0.4, -0.2) is 33.2 Å². The van der Waals surface area contributed by atoms with Crippen molar-refractivity contribution in [3.63, 3.8) is 0 Å². The second-order valence-electron chi connectivity index (χ2n) is 6.77. The molecular formula is C21H26N2O3. The third-order valence-electron chi connectivity index (χ3n) is 4.89. The Morgan fingerprint density at radius 1 is 1.00 bits per heavy atom. The molecule has 3 rings (SSSR count). The summed E-state index contributed by atoms with van der Waals surface area (Å²) in [6.45, 7) is 4.50. The summed E-state index contributed by atoms with van der Waals surface area (Å²) in [7, 11) is 3.13. The highest BCUT2D eigenvalue weighted by molar-refractivity contribution is 6.04. The Bertz CT molecular complexity index is 728. The van der Waals surface area contributed by atoms with E-state index in [0.717, 1.165) is 24.7 Å². The second kappa shape index (κ2) is 8.13. The highest BCUT2D eigenvalue weighted by Gasteiger charge is 2.16. The minimum absolute atomic E-state index is 0.193. The van der Waals surface area contributed by atoms with E-state index in [-0.39, 0.29) is 5.91 Å². The zero-order valence-electron chi connectivity index (χ0n) is 15.6. The second-order valence-corrected chi connectivity index (χ2v) is 6.77. The highest BCUT2D eigenvalue weighted by Crippen LogP contribution is 2.26. The standard InChI is InChI=1S/C21H26N2O3/c1-15-8-10-23(11-9-15)18-6-4-17(5-7-18)22-21(24)16-12-19(25-2)14-20(13-16)26-3/h4-7,12-15H,8-11H2,1-3H3,(H,22,24). The van der Waals surface area contributed by atoms with Gasteiger partial charge in [-0.05, 0) is 55.2 Å². The number of piperidine rings is 1. The minimum Gasteiger partial charge on any atom is -0.497 e. The van der Waals surface area contributed by atoms with Crippen LogP contribution in [0.1, 0.15) is 30.1 Å². The van der Waals surface area contributed by atoms with Crippen molar-refractivity contribution >= 4 is 17.3 Å². The number of hydrogen-bond donors (Lipinski definition) is 1. The van der Waals surface area contributed by atoms with Gasteiger partial charge in [0, 0.05) is 36.1 Å². The molecule has 0 saturated carbocycles. The average molecular weight is 354 g/mol. The van der Waals surface area contributed by atoms with Crippen molar-refractivity contribution in [2.24, 2.45) is 5.92 Å². The molecule has 0 spiro atoms. The number of amides is 1. The van der Waals surface area contributed by atoms with Crippen molar-refractivity contribution in [2.45, 2.75) is 19.8 Å². The average Bonchev–Trinajstić information content (AvgIpc) is 2.68. The summed E-state index contributed by atoms with van der Waals surface area (Å²) in [6.07, 6.45) is 2.46. The van der Waals surface area contributed by atoms with Crippen LogP contribution in [0.3, 0.4) is 0 Å². The van der Waals surface area contributed by atoms with Gasteiger partial charge in [-0.1, -0.05) is 6.92 Å². The Balaban J connectivity index is 1.68. The number of nitrogens with zero attached hydrogens (tertiary/aromatic N) is 1. The van der Waals surface area contributed by atoms with E-state index < -0.39 is 0 Å². The van der Waals surface area contributed by atoms with E-state index in [2.05, 4.69) is 29.3 Å². The molecule has 5 heteroatoms. The van der Waals surface area contributed by atoms with Crippen molar-refractivity contribution in [1.82, 2.24) is 0 Å². The first kappa shape index (κ1) is 18.1. The van der Waals surface area contributed by atoms with E-state index in [1.54, 1.807) is 32.4 Å². The lowest BCUT2D eigenvalue weighted by Crippen LogP contribution is -2.32. The third-order valence-corrected chi connectivity index (χ3v) is 4.89. The number of hydrogen-bond acceptors (Lipinski definition) is 4. The number of nitrogens with one attached hydrogen (secondary N) is 1. The molecule has 0 radical (unpaired) electrons. The summed E-state index contributed by atoms with van der Waals surface area (Å²) in [4.78, 5) is 14.9. The molecule has 2 aromatic rings. The van der Waals surface area contributed by atoms with Crippen molar-refractivity contribution in [3.05, 3.63) is 48.0 Å². The largest absolute Gasteiger partial charge is 0.497 e. The molecule has 138 valence electrons. The van der Waals surface area contributed by atoms with Crippen LogP contribution >= 0.6 is 0 Å². The van der Waals surface area contributed by atoms with Gasteiger partial charge in [0.05, 0.1) is 14.2 Å². The smallest absolute Gasteiger partial charge is 0.255 e. The molecule has 0 aromatic heterocycles. The first-order valence-corrected chi connectivity index (χ1v) is 8.98. The molecule has 2 aromatic carbocycles. The summed E-state index contributed by atoms with van der Waals surface area (Å²) >= 11 is 0. The Hall–Kier alpha value is -2.69. The van der Waals surface area contributed by atoms with Crippen LogP contribution in [-0.2, 0) is 0 Å². The Kier molecular flexibility index (Phi) is 5.66. The van der Waals surface area contributed by atoms with Crippen molar-refractivity contribution in [3.8, 4) is 11.5 Å². The molecular weight excluding hydrogens is 328 g/mol. The number of rotatable bonds is 5. The summed E-state index contributed by atoms with van der Waals surface area (Å²) in [5.74, 6) is 1.79. The van der Waals surface area contributed by atoms with E-state index in [4.69, 9.17) is 9.47 Å². The number of benzene rings is 2. The van der Waals surface area contributed by atoms with E-state index >= 15 is 0 Å². The van der Waals surface area contributed by atoms with Crippen LogP contribution in [0.15, 0.2) is 42.5 Å². The predicted octanol–water partition coefficient (Wildman–Crippen LogP) is 4.19. The maximum absolute atomic E-state index is 12.5. The zero-order valence-corrected chi connectivity index (χ0v) is 15.6. The summed E-state index contributed by atoms with van der Waals surface area (Å²) in [5, 5.41) is 2.93. The Morgan fingerprint density at radius 3 is 2.12 bits per heavy atom. The molecule has 0 bridgehead atoms. The van der Waals surface area contributed by atoms with Gasteiger partial charge in [0.15, 0.2) is 0 Å². The molecule has 1 aliphatic heterocycles. The molecule has 1 amide bonds. The molecule has 26 heavy (non-hydrogen) atoms. The monoisotopic (exact) mass is 354 g/mol. The first-order valence-electron chi connectivity index (χ1n) is 8.98. The van der Waals surface area contributed by atoms with Gasteiger partial charge in [-0.3, -0.25) is 4.79 Å². The molecule has 0 aliphatic carbocycles. The molecule has 1 fully saturated rings. The van der Waals surface area contributed by atoms with Crippen LogP contribution in [0.25, 0.3) is 0 Å². The summed E-state index contributed by atoms with van der Waals surface area (Å²) in [6, 6.07) is 13.2. The highest BCUT2D eigenvalue weighted by atomic mass is 16.5. The molecule has 1 heterocycles. The normalized spacial score (nSPS) is 14.8. The lowest BCUT2D eigenvalue weighted by Gasteiger charge is -2.32. The molecule has 1 aliphatic rings. The lowest BCUT2D eigenvalue weighted by atomic mass is 9.99. The minimum atomic E-state index is -0.193. The maximum Gasteiger partial charge on any atom is 0.255 e. The maximum atomic E-state index is 12.5. The number of carbonyl (C=O) groups is 1. The van der Waals surface area contributed by atoms with Crippen LogP contribution in [0.2, 0.25) is 0 Å². The predicted molar refractivity (Wildman–Crippen MR) is 105 cm³/mol. The number of carbonyl (C=O) groups excluding carboxylic acids is 1. The van der Waals surface area contributed by atoms with Crippen molar-refractivity contribution in [2.75, 3.05) is 37.5 Å². The van der Waals surface area contributed by atoms with Crippen LogP contribution < -0.4 is 19.7 Å². The summed E-state index contributed by atoms with van der Waals surface area (Å²) in [5.41, 5.74) is 2.47.